The Labute approximate surface area is 67.9 Å². The average molecular weight is 156 g/mol. The van der Waals surface area contributed by atoms with Crippen LogP contribution in [0, 0.1) is 0 Å². The zero-order valence-corrected chi connectivity index (χ0v) is 7.35. The van der Waals surface area contributed by atoms with Crippen molar-refractivity contribution < 1.29 is 9.47 Å². The highest BCUT2D eigenvalue weighted by Crippen LogP contribution is 2.44. The Balaban J connectivity index is 2.17. The van der Waals surface area contributed by atoms with Gasteiger partial charge in [0.05, 0.1) is 12.2 Å². The molecule has 0 aromatic heterocycles. The zero-order valence-electron chi connectivity index (χ0n) is 7.35. The Morgan fingerprint density at radius 1 is 1.36 bits per heavy atom. The molecule has 64 valence electrons. The topological polar surface area (TPSA) is 18.5 Å². The van der Waals surface area contributed by atoms with Crippen LogP contribution in [0.15, 0.2) is 0 Å². The fourth-order valence-corrected chi connectivity index (χ4v) is 2.13. The van der Waals surface area contributed by atoms with Crippen LogP contribution in [0.4, 0.5) is 0 Å². The molecular weight excluding hydrogens is 140 g/mol. The molecule has 2 aliphatic heterocycles. The molecular formula is C9H16O2. The average Bonchev–Trinajstić information content (AvgIpc) is 2.24. The second kappa shape index (κ2) is 2.20. The van der Waals surface area contributed by atoms with E-state index in [4.69, 9.17) is 9.47 Å². The summed E-state index contributed by atoms with van der Waals surface area (Å²) in [4.78, 5) is 0. The van der Waals surface area contributed by atoms with Crippen LogP contribution in [-0.2, 0) is 9.47 Å². The van der Waals surface area contributed by atoms with Crippen LogP contribution in [0.5, 0.6) is 0 Å². The van der Waals surface area contributed by atoms with Gasteiger partial charge in [-0.1, -0.05) is 6.92 Å². The Bertz CT molecular complexity index is 169. The molecule has 2 fully saturated rings. The second-order valence-electron chi connectivity index (χ2n) is 3.91. The molecule has 0 aliphatic carbocycles. The van der Waals surface area contributed by atoms with E-state index in [9.17, 15) is 0 Å². The molecule has 0 aromatic carbocycles. The highest BCUT2D eigenvalue weighted by Gasteiger charge is 2.49. The van der Waals surface area contributed by atoms with Crippen molar-refractivity contribution in [3.05, 3.63) is 0 Å². The molecule has 0 amide bonds. The maximum absolute atomic E-state index is 5.90. The molecule has 2 atom stereocenters. The summed E-state index contributed by atoms with van der Waals surface area (Å²) in [6.07, 6.45) is 4.58. The van der Waals surface area contributed by atoms with E-state index in [1.54, 1.807) is 0 Å². The molecule has 0 N–H and O–H groups in total. The molecule has 2 nitrogen and oxygen atoms in total. The van der Waals surface area contributed by atoms with Crippen molar-refractivity contribution in [1.29, 1.82) is 0 Å². The molecule has 2 heterocycles. The van der Waals surface area contributed by atoms with Crippen molar-refractivity contribution >= 4 is 0 Å². The first-order valence-electron chi connectivity index (χ1n) is 4.52. The van der Waals surface area contributed by atoms with Crippen molar-refractivity contribution in [2.75, 3.05) is 6.61 Å². The highest BCUT2D eigenvalue weighted by molar-refractivity contribution is 4.92. The van der Waals surface area contributed by atoms with Gasteiger partial charge < -0.3 is 9.47 Å². The summed E-state index contributed by atoms with van der Waals surface area (Å²) in [5.41, 5.74) is 0.0764. The molecule has 0 spiro atoms. The molecule has 0 saturated carbocycles. The quantitative estimate of drug-likeness (QED) is 0.578. The largest absolute Gasteiger partial charge is 0.347 e. The summed E-state index contributed by atoms with van der Waals surface area (Å²) in [7, 11) is 0. The number of fused-ring (bicyclic) bond motifs is 2. The molecule has 2 aliphatic rings. The van der Waals surface area contributed by atoms with Crippen LogP contribution >= 0.6 is 0 Å². The van der Waals surface area contributed by atoms with Crippen LogP contribution in [0.2, 0.25) is 0 Å². The number of hydrogen-bond donors (Lipinski definition) is 0. The smallest absolute Gasteiger partial charge is 0.166 e. The molecule has 2 saturated heterocycles. The number of hydrogen-bond acceptors (Lipinski definition) is 2. The Kier molecular flexibility index (Phi) is 1.52. The molecule has 0 radical (unpaired) electrons. The SMILES string of the molecule is CC[C@@]12CCC[C@@](C)(OC1)O2. The van der Waals surface area contributed by atoms with Gasteiger partial charge in [0.15, 0.2) is 5.79 Å². The first-order chi connectivity index (χ1) is 5.18. The lowest BCUT2D eigenvalue weighted by Crippen LogP contribution is -2.39. The maximum Gasteiger partial charge on any atom is 0.166 e. The fraction of sp³-hybridized carbons (Fsp3) is 1.00. The van der Waals surface area contributed by atoms with Crippen molar-refractivity contribution in [1.82, 2.24) is 0 Å². The molecule has 2 rings (SSSR count). The van der Waals surface area contributed by atoms with Gasteiger partial charge in [0.1, 0.15) is 0 Å². The van der Waals surface area contributed by atoms with Crippen LogP contribution in [0.1, 0.15) is 39.5 Å². The van der Waals surface area contributed by atoms with Crippen LogP contribution in [-0.4, -0.2) is 18.0 Å². The summed E-state index contributed by atoms with van der Waals surface area (Å²) in [6.45, 7) is 5.05. The van der Waals surface area contributed by atoms with Gasteiger partial charge >= 0.3 is 0 Å². The van der Waals surface area contributed by atoms with Crippen LogP contribution in [0.25, 0.3) is 0 Å². The fourth-order valence-electron chi connectivity index (χ4n) is 2.13. The minimum atomic E-state index is -0.242. The first kappa shape index (κ1) is 7.56. The summed E-state index contributed by atoms with van der Waals surface area (Å²) in [6, 6.07) is 0. The van der Waals surface area contributed by atoms with E-state index >= 15 is 0 Å². The predicted octanol–water partition coefficient (Wildman–Crippen LogP) is 2.08. The van der Waals surface area contributed by atoms with Gasteiger partial charge in [0.25, 0.3) is 0 Å². The summed E-state index contributed by atoms with van der Waals surface area (Å²) in [5.74, 6) is -0.242. The maximum atomic E-state index is 5.90. The van der Waals surface area contributed by atoms with E-state index in [1.165, 1.54) is 12.8 Å². The minimum Gasteiger partial charge on any atom is -0.347 e. The lowest BCUT2D eigenvalue weighted by Gasteiger charge is -2.34. The molecule has 2 heteroatoms. The Morgan fingerprint density at radius 3 is 2.82 bits per heavy atom. The Hall–Kier alpha value is -0.0800. The van der Waals surface area contributed by atoms with Crippen molar-refractivity contribution in [2.24, 2.45) is 0 Å². The number of ether oxygens (including phenoxy) is 2. The van der Waals surface area contributed by atoms with Crippen molar-refractivity contribution in [3.63, 3.8) is 0 Å². The third-order valence-electron chi connectivity index (χ3n) is 2.98. The first-order valence-corrected chi connectivity index (χ1v) is 4.52. The van der Waals surface area contributed by atoms with Gasteiger partial charge in [0, 0.05) is 6.42 Å². The van der Waals surface area contributed by atoms with Gasteiger partial charge in [0.2, 0.25) is 0 Å². The van der Waals surface area contributed by atoms with Gasteiger partial charge in [-0.05, 0) is 26.2 Å². The highest BCUT2D eigenvalue weighted by atomic mass is 16.8. The standard InChI is InChI=1S/C9H16O2/c1-3-9-6-4-5-8(2,11-9)10-7-9/h3-7H2,1-2H3/t8-,9+/m0/s1. The monoisotopic (exact) mass is 156 g/mol. The van der Waals surface area contributed by atoms with E-state index < -0.39 is 0 Å². The van der Waals surface area contributed by atoms with E-state index in [0.29, 0.717) is 0 Å². The molecule has 0 unspecified atom stereocenters. The third-order valence-corrected chi connectivity index (χ3v) is 2.98. The van der Waals surface area contributed by atoms with E-state index in [-0.39, 0.29) is 11.4 Å². The lowest BCUT2D eigenvalue weighted by atomic mass is 9.91. The summed E-state index contributed by atoms with van der Waals surface area (Å²) in [5, 5.41) is 0. The number of rotatable bonds is 1. The predicted molar refractivity (Wildman–Crippen MR) is 42.3 cm³/mol. The summed E-state index contributed by atoms with van der Waals surface area (Å²) < 4.78 is 11.5. The van der Waals surface area contributed by atoms with Crippen LogP contribution < -0.4 is 0 Å². The minimum absolute atomic E-state index is 0.0764. The zero-order chi connectivity index (χ0) is 7.95. The third kappa shape index (κ3) is 1.09. The normalized spacial score (nSPS) is 49.6. The van der Waals surface area contributed by atoms with Crippen LogP contribution in [0.3, 0.4) is 0 Å². The van der Waals surface area contributed by atoms with E-state index in [2.05, 4.69) is 13.8 Å². The van der Waals surface area contributed by atoms with Gasteiger partial charge in [-0.25, -0.2) is 0 Å². The van der Waals surface area contributed by atoms with Gasteiger partial charge in [-0.2, -0.15) is 0 Å². The summed E-state index contributed by atoms with van der Waals surface area (Å²) >= 11 is 0. The molecule has 0 aromatic rings. The van der Waals surface area contributed by atoms with Crippen molar-refractivity contribution in [2.45, 2.75) is 50.9 Å². The van der Waals surface area contributed by atoms with Gasteiger partial charge in [-0.3, -0.25) is 0 Å². The lowest BCUT2D eigenvalue weighted by molar-refractivity contribution is -0.200. The second-order valence-corrected chi connectivity index (χ2v) is 3.91. The molecule has 11 heavy (non-hydrogen) atoms. The van der Waals surface area contributed by atoms with E-state index in [0.717, 1.165) is 19.4 Å². The van der Waals surface area contributed by atoms with Gasteiger partial charge in [-0.15, -0.1) is 0 Å². The van der Waals surface area contributed by atoms with E-state index in [1.807, 2.05) is 0 Å². The van der Waals surface area contributed by atoms with Crippen molar-refractivity contribution in [3.8, 4) is 0 Å². The Morgan fingerprint density at radius 2 is 2.18 bits per heavy atom. The molecule has 2 bridgehead atoms.